The molecule has 0 aliphatic heterocycles. The van der Waals surface area contributed by atoms with Gasteiger partial charge in [-0.15, -0.1) is 12.4 Å². The Morgan fingerprint density at radius 1 is 1.48 bits per heavy atom. The summed E-state index contributed by atoms with van der Waals surface area (Å²) >= 11 is 6.25. The molecule has 0 spiro atoms. The standard InChI is InChI=1S/C18H23ClN4O.ClH/c1-11(8-20)9-21-18(24)15-10-22-23(17(15)13-4-5-13)14-6-3-12(2)16(19)7-14;/h3,6-7,10-11,13H,4-5,8-9,20H2,1-2H3,(H,21,24);1H. The lowest BCUT2D eigenvalue weighted by Gasteiger charge is -2.12. The average molecular weight is 383 g/mol. The SMILES string of the molecule is Cc1ccc(-n2ncc(C(=O)NCC(C)CN)c2C2CC2)cc1Cl.Cl. The molecule has 25 heavy (non-hydrogen) atoms. The quantitative estimate of drug-likeness (QED) is 0.803. The van der Waals surface area contributed by atoms with Crippen LogP contribution in [-0.2, 0) is 0 Å². The Morgan fingerprint density at radius 2 is 2.20 bits per heavy atom. The molecular weight excluding hydrogens is 359 g/mol. The molecule has 7 heteroatoms. The normalized spacial score (nSPS) is 14.7. The monoisotopic (exact) mass is 382 g/mol. The summed E-state index contributed by atoms with van der Waals surface area (Å²) in [7, 11) is 0. The van der Waals surface area contributed by atoms with Crippen LogP contribution in [-0.4, -0.2) is 28.8 Å². The van der Waals surface area contributed by atoms with E-state index in [1.807, 2.05) is 36.7 Å². The molecule has 1 aromatic heterocycles. The fraction of sp³-hybridized carbons (Fsp3) is 0.444. The van der Waals surface area contributed by atoms with Crippen molar-refractivity contribution in [3.8, 4) is 5.69 Å². The van der Waals surface area contributed by atoms with Crippen molar-refractivity contribution in [3.05, 3.63) is 46.2 Å². The molecule has 1 aliphatic carbocycles. The number of carbonyl (C=O) groups excluding carboxylic acids is 1. The van der Waals surface area contributed by atoms with Crippen molar-refractivity contribution in [2.75, 3.05) is 13.1 Å². The molecule has 3 N–H and O–H groups in total. The molecule has 1 aromatic carbocycles. The van der Waals surface area contributed by atoms with Crippen molar-refractivity contribution in [3.63, 3.8) is 0 Å². The number of amides is 1. The van der Waals surface area contributed by atoms with Gasteiger partial charge in [-0.05, 0) is 49.9 Å². The zero-order chi connectivity index (χ0) is 17.3. The van der Waals surface area contributed by atoms with Gasteiger partial charge < -0.3 is 11.1 Å². The Bertz CT molecular complexity index is 756. The van der Waals surface area contributed by atoms with Crippen molar-refractivity contribution in [2.45, 2.75) is 32.6 Å². The summed E-state index contributed by atoms with van der Waals surface area (Å²) in [6.07, 6.45) is 3.83. The molecule has 0 bridgehead atoms. The van der Waals surface area contributed by atoms with Crippen LogP contribution in [0.15, 0.2) is 24.4 Å². The van der Waals surface area contributed by atoms with E-state index < -0.39 is 0 Å². The summed E-state index contributed by atoms with van der Waals surface area (Å²) in [5.74, 6) is 0.561. The van der Waals surface area contributed by atoms with Gasteiger partial charge >= 0.3 is 0 Å². The number of carbonyl (C=O) groups is 1. The van der Waals surface area contributed by atoms with Crippen LogP contribution in [0.4, 0.5) is 0 Å². The summed E-state index contributed by atoms with van der Waals surface area (Å²) < 4.78 is 1.85. The highest BCUT2D eigenvalue weighted by Gasteiger charge is 2.33. The zero-order valence-electron chi connectivity index (χ0n) is 14.5. The number of rotatable bonds is 6. The predicted octanol–water partition coefficient (Wildman–Crippen LogP) is 3.46. The Hall–Kier alpha value is -1.56. The first-order valence-electron chi connectivity index (χ1n) is 8.34. The molecule has 1 aliphatic rings. The van der Waals surface area contributed by atoms with Crippen molar-refractivity contribution < 1.29 is 4.79 Å². The van der Waals surface area contributed by atoms with Crippen molar-refractivity contribution >= 4 is 29.9 Å². The predicted molar refractivity (Wildman–Crippen MR) is 103 cm³/mol. The summed E-state index contributed by atoms with van der Waals surface area (Å²) in [6, 6.07) is 5.85. The lowest BCUT2D eigenvalue weighted by atomic mass is 10.1. The summed E-state index contributed by atoms with van der Waals surface area (Å²) in [6.45, 7) is 5.10. The van der Waals surface area contributed by atoms with E-state index >= 15 is 0 Å². The van der Waals surface area contributed by atoms with Gasteiger partial charge in [0, 0.05) is 17.5 Å². The van der Waals surface area contributed by atoms with Crippen molar-refractivity contribution in [1.29, 1.82) is 0 Å². The number of hydrogen-bond donors (Lipinski definition) is 2. The van der Waals surface area contributed by atoms with Crippen LogP contribution in [0, 0.1) is 12.8 Å². The van der Waals surface area contributed by atoms with E-state index in [-0.39, 0.29) is 24.2 Å². The van der Waals surface area contributed by atoms with Crippen LogP contribution < -0.4 is 11.1 Å². The van der Waals surface area contributed by atoms with Crippen LogP contribution in [0.3, 0.4) is 0 Å². The van der Waals surface area contributed by atoms with Crippen LogP contribution in [0.5, 0.6) is 0 Å². The molecule has 5 nitrogen and oxygen atoms in total. The van der Waals surface area contributed by atoms with Gasteiger partial charge in [0.1, 0.15) is 0 Å². The van der Waals surface area contributed by atoms with Gasteiger partial charge in [-0.2, -0.15) is 5.10 Å². The first kappa shape index (κ1) is 19.8. The highest BCUT2D eigenvalue weighted by Crippen LogP contribution is 2.42. The Labute approximate surface area is 159 Å². The molecular formula is C18H24Cl2N4O. The van der Waals surface area contributed by atoms with Gasteiger partial charge in [0.05, 0.1) is 23.1 Å². The van der Waals surface area contributed by atoms with Crippen molar-refractivity contribution in [2.24, 2.45) is 11.7 Å². The molecule has 1 atom stereocenters. The summed E-state index contributed by atoms with van der Waals surface area (Å²) in [5, 5.41) is 8.12. The topological polar surface area (TPSA) is 72.9 Å². The Kier molecular flexibility index (Phi) is 6.49. The van der Waals surface area contributed by atoms with Gasteiger partial charge in [0.15, 0.2) is 0 Å². The van der Waals surface area contributed by atoms with Gasteiger partial charge in [-0.3, -0.25) is 4.79 Å². The second-order valence-corrected chi connectivity index (χ2v) is 7.02. The van der Waals surface area contributed by atoms with Gasteiger partial charge in [0.25, 0.3) is 5.91 Å². The Balaban J connectivity index is 0.00000225. The van der Waals surface area contributed by atoms with E-state index in [2.05, 4.69) is 10.4 Å². The third-order valence-corrected chi connectivity index (χ3v) is 4.84. The van der Waals surface area contributed by atoms with Gasteiger partial charge in [-0.1, -0.05) is 24.6 Å². The van der Waals surface area contributed by atoms with E-state index in [0.717, 1.165) is 29.8 Å². The number of aryl methyl sites for hydroxylation is 1. The molecule has 3 rings (SSSR count). The number of benzene rings is 1. The minimum atomic E-state index is -0.0818. The minimum Gasteiger partial charge on any atom is -0.352 e. The van der Waals surface area contributed by atoms with Crippen LogP contribution in [0.2, 0.25) is 5.02 Å². The maximum atomic E-state index is 12.6. The first-order valence-corrected chi connectivity index (χ1v) is 8.71. The van der Waals surface area contributed by atoms with Crippen LogP contribution >= 0.6 is 24.0 Å². The molecule has 1 amide bonds. The largest absolute Gasteiger partial charge is 0.352 e. The summed E-state index contributed by atoms with van der Waals surface area (Å²) in [4.78, 5) is 12.6. The third-order valence-electron chi connectivity index (χ3n) is 4.43. The highest BCUT2D eigenvalue weighted by molar-refractivity contribution is 6.31. The number of halogens is 2. The fourth-order valence-electron chi connectivity index (χ4n) is 2.65. The number of nitrogens with zero attached hydrogens (tertiary/aromatic N) is 2. The third kappa shape index (κ3) is 4.35. The van der Waals surface area contributed by atoms with Crippen LogP contribution in [0.25, 0.3) is 5.69 Å². The van der Waals surface area contributed by atoms with E-state index in [1.54, 1.807) is 6.20 Å². The molecule has 0 saturated heterocycles. The number of hydrogen-bond acceptors (Lipinski definition) is 3. The lowest BCUT2D eigenvalue weighted by molar-refractivity contribution is 0.0947. The molecule has 136 valence electrons. The number of nitrogens with two attached hydrogens (primary N) is 1. The van der Waals surface area contributed by atoms with Gasteiger partial charge in [-0.25, -0.2) is 4.68 Å². The maximum absolute atomic E-state index is 12.6. The molecule has 1 unspecified atom stereocenters. The molecule has 1 fully saturated rings. The first-order chi connectivity index (χ1) is 11.5. The van der Waals surface area contributed by atoms with E-state index in [1.165, 1.54) is 0 Å². The minimum absolute atomic E-state index is 0. The summed E-state index contributed by atoms with van der Waals surface area (Å²) in [5.41, 5.74) is 9.16. The maximum Gasteiger partial charge on any atom is 0.254 e. The number of nitrogens with one attached hydrogen (secondary N) is 1. The second kappa shape index (κ2) is 8.21. The molecule has 1 heterocycles. The van der Waals surface area contributed by atoms with Gasteiger partial charge in [0.2, 0.25) is 0 Å². The number of aromatic nitrogens is 2. The van der Waals surface area contributed by atoms with Crippen LogP contribution in [0.1, 0.15) is 47.3 Å². The van der Waals surface area contributed by atoms with E-state index in [4.69, 9.17) is 17.3 Å². The molecule has 2 aromatic rings. The fourth-order valence-corrected chi connectivity index (χ4v) is 2.82. The lowest BCUT2D eigenvalue weighted by Crippen LogP contribution is -2.31. The van der Waals surface area contributed by atoms with E-state index in [0.29, 0.717) is 29.6 Å². The highest BCUT2D eigenvalue weighted by atomic mass is 35.5. The Morgan fingerprint density at radius 3 is 2.80 bits per heavy atom. The smallest absolute Gasteiger partial charge is 0.254 e. The molecule has 1 saturated carbocycles. The van der Waals surface area contributed by atoms with Crippen molar-refractivity contribution in [1.82, 2.24) is 15.1 Å². The zero-order valence-corrected chi connectivity index (χ0v) is 16.0. The average Bonchev–Trinajstić information content (AvgIpc) is 3.33. The second-order valence-electron chi connectivity index (χ2n) is 6.61. The molecule has 0 radical (unpaired) electrons. The van der Waals surface area contributed by atoms with E-state index in [9.17, 15) is 4.79 Å².